The summed E-state index contributed by atoms with van der Waals surface area (Å²) < 4.78 is 16.3. The molecule has 0 heterocycles. The van der Waals surface area contributed by atoms with Crippen LogP contribution >= 0.6 is 0 Å². The number of rotatable bonds is 6. The van der Waals surface area contributed by atoms with E-state index in [-0.39, 0.29) is 5.97 Å². The van der Waals surface area contributed by atoms with Crippen LogP contribution in [0.15, 0.2) is 36.4 Å². The van der Waals surface area contributed by atoms with Gasteiger partial charge in [-0.1, -0.05) is 18.6 Å². The Morgan fingerprint density at radius 3 is 2.48 bits per heavy atom. The van der Waals surface area contributed by atoms with Crippen molar-refractivity contribution >= 4 is 5.97 Å². The van der Waals surface area contributed by atoms with Crippen LogP contribution in [0.3, 0.4) is 0 Å². The van der Waals surface area contributed by atoms with Gasteiger partial charge in [-0.25, -0.2) is 4.79 Å². The molecule has 132 valence electrons. The Balaban J connectivity index is 2.05. The van der Waals surface area contributed by atoms with Crippen molar-refractivity contribution in [3.8, 4) is 22.6 Å². The molecular weight excluding hydrogens is 316 g/mol. The highest BCUT2D eigenvalue weighted by Crippen LogP contribution is 2.46. The van der Waals surface area contributed by atoms with Crippen molar-refractivity contribution in [3.05, 3.63) is 47.5 Å². The lowest BCUT2D eigenvalue weighted by molar-refractivity contribution is 0.0526. The number of ether oxygens (including phenoxy) is 3. The summed E-state index contributed by atoms with van der Waals surface area (Å²) in [5, 5.41) is 0. The molecule has 0 radical (unpaired) electrons. The van der Waals surface area contributed by atoms with Crippen LogP contribution in [-0.2, 0) is 4.74 Å². The summed E-state index contributed by atoms with van der Waals surface area (Å²) in [6.07, 6.45) is 3.59. The van der Waals surface area contributed by atoms with Crippen LogP contribution in [0.5, 0.6) is 11.5 Å². The van der Waals surface area contributed by atoms with E-state index < -0.39 is 0 Å². The number of carbonyl (C=O) groups excluding carboxylic acids is 1. The van der Waals surface area contributed by atoms with Crippen LogP contribution in [0.25, 0.3) is 11.1 Å². The molecule has 0 atom stereocenters. The van der Waals surface area contributed by atoms with E-state index in [1.165, 1.54) is 24.8 Å². The largest absolute Gasteiger partial charge is 0.493 e. The second-order valence-electron chi connectivity index (χ2n) is 6.23. The molecule has 1 fully saturated rings. The lowest BCUT2D eigenvalue weighted by atomic mass is 9.78. The van der Waals surface area contributed by atoms with Crippen molar-refractivity contribution in [2.45, 2.75) is 32.1 Å². The van der Waals surface area contributed by atoms with Gasteiger partial charge in [0, 0.05) is 5.56 Å². The summed E-state index contributed by atoms with van der Waals surface area (Å²) in [6.45, 7) is 2.17. The zero-order valence-corrected chi connectivity index (χ0v) is 15.0. The Morgan fingerprint density at radius 1 is 1.08 bits per heavy atom. The summed E-state index contributed by atoms with van der Waals surface area (Å²) in [4.78, 5) is 12.0. The Labute approximate surface area is 148 Å². The quantitative estimate of drug-likeness (QED) is 0.708. The molecule has 4 nitrogen and oxygen atoms in total. The minimum Gasteiger partial charge on any atom is -0.493 e. The maximum atomic E-state index is 12.0. The molecule has 1 aliphatic carbocycles. The Kier molecular flexibility index (Phi) is 5.27. The van der Waals surface area contributed by atoms with Crippen LogP contribution in [0.1, 0.15) is 48.0 Å². The van der Waals surface area contributed by atoms with Crippen molar-refractivity contribution in [2.75, 3.05) is 20.8 Å². The number of carbonyl (C=O) groups is 1. The topological polar surface area (TPSA) is 44.8 Å². The lowest BCUT2D eigenvalue weighted by Crippen LogP contribution is -2.11. The van der Waals surface area contributed by atoms with Crippen molar-refractivity contribution in [2.24, 2.45) is 0 Å². The molecule has 0 unspecified atom stereocenters. The first-order chi connectivity index (χ1) is 12.2. The number of esters is 1. The number of methoxy groups -OCH3 is 2. The van der Waals surface area contributed by atoms with Gasteiger partial charge >= 0.3 is 5.97 Å². The van der Waals surface area contributed by atoms with Gasteiger partial charge in [0.05, 0.1) is 26.4 Å². The van der Waals surface area contributed by atoms with E-state index in [4.69, 9.17) is 14.2 Å². The molecule has 0 amide bonds. The fourth-order valence-electron chi connectivity index (χ4n) is 3.22. The highest BCUT2D eigenvalue weighted by atomic mass is 16.5. The summed E-state index contributed by atoms with van der Waals surface area (Å²) in [7, 11) is 3.34. The van der Waals surface area contributed by atoms with Gasteiger partial charge in [0.1, 0.15) is 0 Å². The zero-order valence-electron chi connectivity index (χ0n) is 15.0. The molecule has 3 rings (SSSR count). The van der Waals surface area contributed by atoms with Gasteiger partial charge in [0.25, 0.3) is 0 Å². The van der Waals surface area contributed by atoms with E-state index in [1.807, 2.05) is 24.3 Å². The van der Waals surface area contributed by atoms with Gasteiger partial charge < -0.3 is 14.2 Å². The number of hydrogen-bond donors (Lipinski definition) is 0. The van der Waals surface area contributed by atoms with Crippen molar-refractivity contribution < 1.29 is 19.0 Å². The van der Waals surface area contributed by atoms with Crippen LogP contribution in [0, 0.1) is 0 Å². The van der Waals surface area contributed by atoms with E-state index in [1.54, 1.807) is 27.2 Å². The van der Waals surface area contributed by atoms with E-state index >= 15 is 0 Å². The Bertz CT molecular complexity index is 762. The molecule has 1 saturated carbocycles. The molecule has 0 saturated heterocycles. The average Bonchev–Trinajstić information content (AvgIpc) is 2.60. The maximum Gasteiger partial charge on any atom is 0.338 e. The molecule has 0 spiro atoms. The van der Waals surface area contributed by atoms with E-state index in [0.29, 0.717) is 18.1 Å². The third-order valence-corrected chi connectivity index (χ3v) is 4.76. The van der Waals surface area contributed by atoms with E-state index in [2.05, 4.69) is 6.07 Å². The van der Waals surface area contributed by atoms with Crippen LogP contribution < -0.4 is 9.47 Å². The first-order valence-electron chi connectivity index (χ1n) is 8.71. The molecule has 4 heteroatoms. The smallest absolute Gasteiger partial charge is 0.338 e. The molecule has 0 aliphatic heterocycles. The molecule has 25 heavy (non-hydrogen) atoms. The Morgan fingerprint density at radius 2 is 1.88 bits per heavy atom. The normalized spacial score (nSPS) is 13.9. The van der Waals surface area contributed by atoms with Gasteiger partial charge in [-0.2, -0.15) is 0 Å². The highest BCUT2D eigenvalue weighted by molar-refractivity contribution is 5.91. The fourth-order valence-corrected chi connectivity index (χ4v) is 3.22. The second-order valence-corrected chi connectivity index (χ2v) is 6.23. The maximum absolute atomic E-state index is 12.0. The molecule has 2 aromatic carbocycles. The molecular formula is C21H24O4. The summed E-state index contributed by atoms with van der Waals surface area (Å²) in [5.74, 6) is 1.75. The summed E-state index contributed by atoms with van der Waals surface area (Å²) in [6, 6.07) is 11.6. The highest BCUT2D eigenvalue weighted by Gasteiger charge is 2.26. The average molecular weight is 340 g/mol. The SMILES string of the molecule is CCOC(=O)c1cccc(-c2cc(OC)c(OC)c(C3CCC3)c2)c1. The first-order valence-corrected chi connectivity index (χ1v) is 8.71. The molecule has 1 aliphatic rings. The molecule has 0 N–H and O–H groups in total. The lowest BCUT2D eigenvalue weighted by Gasteiger charge is -2.28. The fraction of sp³-hybridized carbons (Fsp3) is 0.381. The minimum absolute atomic E-state index is 0.302. The van der Waals surface area contributed by atoms with Crippen molar-refractivity contribution in [1.82, 2.24) is 0 Å². The van der Waals surface area contributed by atoms with Gasteiger partial charge in [0.2, 0.25) is 0 Å². The molecule has 2 aromatic rings. The minimum atomic E-state index is -0.302. The number of benzene rings is 2. The van der Waals surface area contributed by atoms with Crippen LogP contribution in [0.4, 0.5) is 0 Å². The van der Waals surface area contributed by atoms with Gasteiger partial charge in [-0.15, -0.1) is 0 Å². The predicted octanol–water partition coefficient (Wildman–Crippen LogP) is 4.82. The third-order valence-electron chi connectivity index (χ3n) is 4.76. The van der Waals surface area contributed by atoms with Gasteiger partial charge in [-0.05, 0) is 61.1 Å². The Hall–Kier alpha value is -2.49. The van der Waals surface area contributed by atoms with E-state index in [9.17, 15) is 4.79 Å². The van der Waals surface area contributed by atoms with Gasteiger partial charge in [-0.3, -0.25) is 0 Å². The van der Waals surface area contributed by atoms with Crippen LogP contribution in [-0.4, -0.2) is 26.8 Å². The number of hydrogen-bond acceptors (Lipinski definition) is 4. The monoisotopic (exact) mass is 340 g/mol. The van der Waals surface area contributed by atoms with Crippen molar-refractivity contribution in [1.29, 1.82) is 0 Å². The predicted molar refractivity (Wildman–Crippen MR) is 97.5 cm³/mol. The summed E-state index contributed by atoms with van der Waals surface area (Å²) >= 11 is 0. The van der Waals surface area contributed by atoms with Gasteiger partial charge in [0.15, 0.2) is 11.5 Å². The second kappa shape index (κ2) is 7.60. The van der Waals surface area contributed by atoms with E-state index in [0.717, 1.165) is 22.6 Å². The zero-order chi connectivity index (χ0) is 17.8. The van der Waals surface area contributed by atoms with Crippen LogP contribution in [0.2, 0.25) is 0 Å². The summed E-state index contributed by atoms with van der Waals surface area (Å²) in [5.41, 5.74) is 3.72. The molecule has 0 bridgehead atoms. The molecule has 0 aromatic heterocycles. The first kappa shape index (κ1) is 17.3. The standard InChI is InChI=1S/C21H24O4/c1-4-25-21(22)16-10-6-9-15(11-16)17-12-18(14-7-5-8-14)20(24-3)19(13-17)23-2/h6,9-14H,4-5,7-8H2,1-3H3. The third kappa shape index (κ3) is 3.48. The van der Waals surface area contributed by atoms with Crippen molar-refractivity contribution in [3.63, 3.8) is 0 Å².